The minimum absolute atomic E-state index is 0.137. The molecule has 0 radical (unpaired) electrons. The molecule has 1 saturated carbocycles. The number of carboxylic acids is 1. The molecule has 21 heavy (non-hydrogen) atoms. The number of aromatic nitrogens is 1. The minimum atomic E-state index is -1.26. The van der Waals surface area contributed by atoms with E-state index in [4.69, 9.17) is 5.11 Å². The fourth-order valence-corrected chi connectivity index (χ4v) is 2.87. The van der Waals surface area contributed by atoms with Crippen LogP contribution in [0.25, 0.3) is 0 Å². The van der Waals surface area contributed by atoms with E-state index in [1.165, 1.54) is 4.57 Å². The minimum Gasteiger partial charge on any atom is -0.477 e. The Kier molecular flexibility index (Phi) is 4.45. The fourth-order valence-electron chi connectivity index (χ4n) is 2.87. The second-order valence-corrected chi connectivity index (χ2v) is 5.59. The third kappa shape index (κ3) is 3.32. The molecule has 0 bridgehead atoms. The highest BCUT2D eigenvalue weighted by Gasteiger charge is 2.20. The van der Waals surface area contributed by atoms with Crippen LogP contribution in [0.1, 0.15) is 47.3 Å². The zero-order chi connectivity index (χ0) is 15.6. The molecular formula is C15H20N2O4. The largest absolute Gasteiger partial charge is 0.477 e. The molecule has 6 heteroatoms. The van der Waals surface area contributed by atoms with E-state index in [1.54, 1.807) is 19.9 Å². The number of aryl methyl sites for hydroxylation is 2. The molecule has 0 spiro atoms. The Morgan fingerprint density at radius 1 is 1.33 bits per heavy atom. The van der Waals surface area contributed by atoms with E-state index in [-0.39, 0.29) is 24.1 Å². The monoisotopic (exact) mass is 292 g/mol. The van der Waals surface area contributed by atoms with Crippen LogP contribution in [0.5, 0.6) is 0 Å². The van der Waals surface area contributed by atoms with Crippen molar-refractivity contribution in [1.29, 1.82) is 0 Å². The number of carbonyl (C=O) groups is 2. The van der Waals surface area contributed by atoms with Gasteiger partial charge >= 0.3 is 5.97 Å². The predicted molar refractivity (Wildman–Crippen MR) is 77.5 cm³/mol. The van der Waals surface area contributed by atoms with Crippen LogP contribution in [0.15, 0.2) is 10.9 Å². The number of nitrogens with one attached hydrogen (secondary N) is 1. The van der Waals surface area contributed by atoms with E-state index < -0.39 is 11.5 Å². The Labute approximate surface area is 122 Å². The van der Waals surface area contributed by atoms with Crippen molar-refractivity contribution in [3.05, 3.63) is 33.2 Å². The summed E-state index contributed by atoms with van der Waals surface area (Å²) in [5.74, 6) is -1.50. The van der Waals surface area contributed by atoms with E-state index in [1.807, 2.05) is 0 Å². The first-order valence-electron chi connectivity index (χ1n) is 7.14. The zero-order valence-corrected chi connectivity index (χ0v) is 12.3. The van der Waals surface area contributed by atoms with Gasteiger partial charge in [0.05, 0.1) is 0 Å². The third-order valence-corrected chi connectivity index (χ3v) is 3.94. The van der Waals surface area contributed by atoms with Gasteiger partial charge < -0.3 is 15.0 Å². The molecule has 1 fully saturated rings. The average Bonchev–Trinajstić information content (AvgIpc) is 2.86. The Morgan fingerprint density at radius 2 is 1.95 bits per heavy atom. The van der Waals surface area contributed by atoms with E-state index in [9.17, 15) is 14.4 Å². The number of nitrogens with zero attached hydrogens (tertiary/aromatic N) is 1. The van der Waals surface area contributed by atoms with Crippen molar-refractivity contribution in [3.63, 3.8) is 0 Å². The van der Waals surface area contributed by atoms with Gasteiger partial charge in [-0.15, -0.1) is 0 Å². The number of carboxylic acid groups (broad SMARTS) is 1. The molecule has 1 aliphatic rings. The highest BCUT2D eigenvalue weighted by Crippen LogP contribution is 2.17. The second kappa shape index (κ2) is 6.11. The molecule has 2 rings (SSSR count). The van der Waals surface area contributed by atoms with Gasteiger partial charge in [0.2, 0.25) is 5.91 Å². The van der Waals surface area contributed by atoms with Gasteiger partial charge in [0, 0.05) is 11.7 Å². The van der Waals surface area contributed by atoms with Crippen LogP contribution in [-0.2, 0) is 11.3 Å². The Balaban J connectivity index is 2.23. The second-order valence-electron chi connectivity index (χ2n) is 5.59. The Hall–Kier alpha value is -2.11. The molecule has 1 aromatic rings. The number of amides is 1. The standard InChI is InChI=1S/C15H20N2O4/c1-9-7-10(2)17(14(19)13(9)15(20)21)8-12(18)16-11-5-3-4-6-11/h7,11H,3-6,8H2,1-2H3,(H,16,18)(H,20,21). The van der Waals surface area contributed by atoms with E-state index in [2.05, 4.69) is 5.32 Å². The summed E-state index contributed by atoms with van der Waals surface area (Å²) < 4.78 is 1.22. The molecule has 0 aliphatic heterocycles. The maximum Gasteiger partial charge on any atom is 0.341 e. The molecular weight excluding hydrogens is 272 g/mol. The fraction of sp³-hybridized carbons (Fsp3) is 0.533. The van der Waals surface area contributed by atoms with Crippen molar-refractivity contribution in [1.82, 2.24) is 9.88 Å². The van der Waals surface area contributed by atoms with Gasteiger partial charge in [-0.05, 0) is 38.3 Å². The molecule has 1 amide bonds. The Morgan fingerprint density at radius 3 is 2.52 bits per heavy atom. The number of pyridine rings is 1. The van der Waals surface area contributed by atoms with Crippen LogP contribution in [-0.4, -0.2) is 27.6 Å². The lowest BCUT2D eigenvalue weighted by atomic mass is 10.1. The van der Waals surface area contributed by atoms with Gasteiger partial charge in [-0.25, -0.2) is 4.79 Å². The van der Waals surface area contributed by atoms with Crippen LogP contribution < -0.4 is 10.9 Å². The summed E-state index contributed by atoms with van der Waals surface area (Å²) in [5, 5.41) is 12.0. The van der Waals surface area contributed by atoms with E-state index >= 15 is 0 Å². The normalized spacial score (nSPS) is 15.1. The van der Waals surface area contributed by atoms with Crippen molar-refractivity contribution in [3.8, 4) is 0 Å². The van der Waals surface area contributed by atoms with Gasteiger partial charge in [-0.3, -0.25) is 9.59 Å². The number of hydrogen-bond donors (Lipinski definition) is 2. The molecule has 1 aliphatic carbocycles. The lowest BCUT2D eigenvalue weighted by molar-refractivity contribution is -0.122. The van der Waals surface area contributed by atoms with Crippen LogP contribution >= 0.6 is 0 Å². The van der Waals surface area contributed by atoms with Crippen LogP contribution in [0.2, 0.25) is 0 Å². The first-order chi connectivity index (χ1) is 9.90. The van der Waals surface area contributed by atoms with Gasteiger partial charge in [-0.1, -0.05) is 12.8 Å². The summed E-state index contributed by atoms with van der Waals surface area (Å²) in [7, 11) is 0. The highest BCUT2D eigenvalue weighted by molar-refractivity contribution is 5.89. The van der Waals surface area contributed by atoms with Gasteiger partial charge in [0.15, 0.2) is 0 Å². The molecule has 0 atom stereocenters. The van der Waals surface area contributed by atoms with E-state index in [0.29, 0.717) is 11.3 Å². The van der Waals surface area contributed by atoms with Gasteiger partial charge in [0.1, 0.15) is 12.1 Å². The van der Waals surface area contributed by atoms with Crippen LogP contribution in [0.4, 0.5) is 0 Å². The maximum absolute atomic E-state index is 12.2. The molecule has 114 valence electrons. The zero-order valence-electron chi connectivity index (χ0n) is 12.3. The number of hydrogen-bond acceptors (Lipinski definition) is 3. The van der Waals surface area contributed by atoms with Crippen molar-refractivity contribution in [2.24, 2.45) is 0 Å². The molecule has 2 N–H and O–H groups in total. The van der Waals surface area contributed by atoms with Crippen molar-refractivity contribution in [2.75, 3.05) is 0 Å². The Bertz CT molecular complexity index is 627. The number of aromatic carboxylic acids is 1. The molecule has 0 aromatic carbocycles. The van der Waals surface area contributed by atoms with Crippen LogP contribution in [0, 0.1) is 13.8 Å². The highest BCUT2D eigenvalue weighted by atomic mass is 16.4. The summed E-state index contributed by atoms with van der Waals surface area (Å²) in [6, 6.07) is 1.80. The summed E-state index contributed by atoms with van der Waals surface area (Å²) >= 11 is 0. The summed E-state index contributed by atoms with van der Waals surface area (Å²) in [4.78, 5) is 35.4. The first-order valence-corrected chi connectivity index (χ1v) is 7.14. The van der Waals surface area contributed by atoms with E-state index in [0.717, 1.165) is 25.7 Å². The predicted octanol–water partition coefficient (Wildman–Crippen LogP) is 1.22. The van der Waals surface area contributed by atoms with Gasteiger partial charge in [0.25, 0.3) is 5.56 Å². The third-order valence-electron chi connectivity index (χ3n) is 3.94. The quantitative estimate of drug-likeness (QED) is 0.873. The van der Waals surface area contributed by atoms with Crippen molar-refractivity contribution < 1.29 is 14.7 Å². The topological polar surface area (TPSA) is 88.4 Å². The summed E-state index contributed by atoms with van der Waals surface area (Å²) in [6.45, 7) is 3.14. The van der Waals surface area contributed by atoms with Crippen LogP contribution in [0.3, 0.4) is 0 Å². The van der Waals surface area contributed by atoms with Gasteiger partial charge in [-0.2, -0.15) is 0 Å². The molecule has 0 unspecified atom stereocenters. The average molecular weight is 292 g/mol. The molecule has 6 nitrogen and oxygen atoms in total. The number of rotatable bonds is 4. The van der Waals surface area contributed by atoms with Crippen molar-refractivity contribution >= 4 is 11.9 Å². The summed E-state index contributed by atoms with van der Waals surface area (Å²) in [5.41, 5.74) is 0.109. The summed E-state index contributed by atoms with van der Waals surface area (Å²) in [6.07, 6.45) is 4.15. The molecule has 1 heterocycles. The molecule has 0 saturated heterocycles. The smallest absolute Gasteiger partial charge is 0.341 e. The SMILES string of the molecule is Cc1cc(C)n(CC(=O)NC2CCCC2)c(=O)c1C(=O)O. The van der Waals surface area contributed by atoms with Crippen molar-refractivity contribution in [2.45, 2.75) is 52.1 Å². The molecule has 1 aromatic heterocycles. The first kappa shape index (κ1) is 15.3. The maximum atomic E-state index is 12.2. The lowest BCUT2D eigenvalue weighted by Gasteiger charge is -2.15. The lowest BCUT2D eigenvalue weighted by Crippen LogP contribution is -2.39. The number of carbonyl (C=O) groups excluding carboxylic acids is 1.